The summed E-state index contributed by atoms with van der Waals surface area (Å²) in [5, 5.41) is 26.5. The maximum absolute atomic E-state index is 13.9. The number of ketones is 1. The van der Waals surface area contributed by atoms with Gasteiger partial charge >= 0.3 is 6.18 Å². The number of allylic oxidation sites excluding steroid dienone is 3. The largest absolute Gasteiger partial charge is 0.434 e. The minimum atomic E-state index is -4.84. The fourth-order valence-electron chi connectivity index (χ4n) is 4.06. The van der Waals surface area contributed by atoms with Gasteiger partial charge in [0.2, 0.25) is 5.13 Å². The lowest BCUT2D eigenvalue weighted by molar-refractivity contribution is -0.140. The first-order valence-electron chi connectivity index (χ1n) is 11.5. The highest BCUT2D eigenvalue weighted by molar-refractivity contribution is 7.16. The summed E-state index contributed by atoms with van der Waals surface area (Å²) < 4.78 is 41.6. The highest BCUT2D eigenvalue weighted by atomic mass is 32.1. The van der Waals surface area contributed by atoms with Crippen molar-refractivity contribution in [2.24, 2.45) is 10.2 Å². The molecule has 190 valence electrons. The molecular formula is C27H19F3N6OS. The van der Waals surface area contributed by atoms with E-state index in [1.54, 1.807) is 42.5 Å². The molecule has 1 aliphatic carbocycles. The third kappa shape index (κ3) is 5.10. The van der Waals surface area contributed by atoms with Gasteiger partial charge in [-0.1, -0.05) is 35.6 Å². The second kappa shape index (κ2) is 10.8. The van der Waals surface area contributed by atoms with Crippen LogP contribution in [0.1, 0.15) is 40.3 Å². The van der Waals surface area contributed by atoms with Crippen LogP contribution in [-0.4, -0.2) is 23.9 Å². The number of hydrogen-bond donors (Lipinski definition) is 0. The first-order chi connectivity index (χ1) is 18.2. The summed E-state index contributed by atoms with van der Waals surface area (Å²) >= 11 is 0.601. The van der Waals surface area contributed by atoms with Crippen molar-refractivity contribution in [1.82, 2.24) is 4.98 Å². The molecule has 0 N–H and O–H groups in total. The van der Waals surface area contributed by atoms with Gasteiger partial charge in [0.15, 0.2) is 11.5 Å². The average Bonchev–Trinajstić information content (AvgIpc) is 3.45. The van der Waals surface area contributed by atoms with Crippen molar-refractivity contribution < 1.29 is 18.0 Å². The van der Waals surface area contributed by atoms with Crippen LogP contribution in [0.25, 0.3) is 11.6 Å². The number of aromatic nitrogens is 1. The van der Waals surface area contributed by atoms with Gasteiger partial charge in [0.25, 0.3) is 0 Å². The van der Waals surface area contributed by atoms with Crippen LogP contribution in [0.5, 0.6) is 0 Å². The van der Waals surface area contributed by atoms with E-state index >= 15 is 0 Å². The van der Waals surface area contributed by atoms with Crippen LogP contribution in [0, 0.1) is 22.7 Å². The van der Waals surface area contributed by atoms with E-state index in [1.165, 1.54) is 6.07 Å². The summed E-state index contributed by atoms with van der Waals surface area (Å²) in [4.78, 5) is 18.4. The number of hydrogen-bond acceptors (Lipinski definition) is 8. The maximum Gasteiger partial charge on any atom is 0.434 e. The van der Waals surface area contributed by atoms with Crippen LogP contribution in [0.2, 0.25) is 0 Å². The van der Waals surface area contributed by atoms with E-state index in [9.17, 15) is 28.5 Å². The Hall–Kier alpha value is -4.61. The topological polar surface area (TPSA) is 106 Å². The lowest BCUT2D eigenvalue weighted by Crippen LogP contribution is -2.21. The Morgan fingerprint density at radius 3 is 2.24 bits per heavy atom. The van der Waals surface area contributed by atoms with Crippen molar-refractivity contribution in [3.63, 3.8) is 0 Å². The highest BCUT2D eigenvalue weighted by Crippen LogP contribution is 2.43. The molecule has 0 radical (unpaired) electrons. The molecule has 0 bridgehead atoms. The molecule has 1 aromatic heterocycles. The van der Waals surface area contributed by atoms with Crippen molar-refractivity contribution in [2.75, 3.05) is 18.0 Å². The van der Waals surface area contributed by atoms with Gasteiger partial charge in [-0.25, -0.2) is 4.98 Å². The molecule has 0 saturated heterocycles. The van der Waals surface area contributed by atoms with Crippen LogP contribution in [0.15, 0.2) is 69.9 Å². The first kappa shape index (κ1) is 26.5. The molecule has 3 aromatic rings. The number of rotatable bonds is 6. The summed E-state index contributed by atoms with van der Waals surface area (Å²) in [7, 11) is 0. The molecule has 0 unspecified atom stereocenters. The Labute approximate surface area is 220 Å². The zero-order chi connectivity index (χ0) is 27.4. The molecule has 1 aliphatic rings. The van der Waals surface area contributed by atoms with Gasteiger partial charge in [-0.05, 0) is 49.8 Å². The second-order valence-electron chi connectivity index (χ2n) is 8.00. The summed E-state index contributed by atoms with van der Waals surface area (Å²) in [6, 6.07) is 16.8. The normalized spacial score (nSPS) is 14.0. The fourth-order valence-corrected chi connectivity index (χ4v) is 4.91. The Morgan fingerprint density at radius 1 is 1.03 bits per heavy atom. The SMILES string of the molecule is CCN(CC)c1ccc(N=Nc2nc(C(F)(F)F)c(/C=C3\C(=O)c4ccccc4C3=C(C#N)C#N)s2)cc1. The number of fused-ring (bicyclic) bond motifs is 1. The highest BCUT2D eigenvalue weighted by Gasteiger charge is 2.39. The van der Waals surface area contributed by atoms with E-state index in [-0.39, 0.29) is 32.3 Å². The quantitative estimate of drug-likeness (QED) is 0.186. The Kier molecular flexibility index (Phi) is 7.51. The standard InChI is InChI=1S/C27H19F3N6OS/c1-3-36(4-2)18-11-9-17(10-12-18)34-35-26-33-25(27(28,29)30)22(38-26)13-21-23(16(14-31)15-32)19-7-5-6-8-20(19)24(21)37/h5-13H,3-4H2,1-2H3/b21-13-,35-34?. The number of halogens is 3. The van der Waals surface area contributed by atoms with E-state index in [1.807, 2.05) is 26.0 Å². The number of azo groups is 1. The zero-order valence-electron chi connectivity index (χ0n) is 20.2. The molecule has 7 nitrogen and oxygen atoms in total. The van der Waals surface area contributed by atoms with Crippen molar-refractivity contribution in [3.05, 3.63) is 81.4 Å². The van der Waals surface area contributed by atoms with E-state index in [2.05, 4.69) is 20.1 Å². The summed E-state index contributed by atoms with van der Waals surface area (Å²) in [6.45, 7) is 5.71. The van der Waals surface area contributed by atoms with E-state index in [0.29, 0.717) is 22.6 Å². The zero-order valence-corrected chi connectivity index (χ0v) is 21.1. The number of nitriles is 2. The number of alkyl halides is 3. The third-order valence-electron chi connectivity index (χ3n) is 5.84. The Balaban J connectivity index is 1.76. The van der Waals surface area contributed by atoms with Gasteiger partial charge in [-0.15, -0.1) is 10.2 Å². The molecule has 0 fully saturated rings. The molecule has 0 atom stereocenters. The van der Waals surface area contributed by atoms with Gasteiger partial charge in [0, 0.05) is 35.5 Å². The second-order valence-corrected chi connectivity index (χ2v) is 9.01. The van der Waals surface area contributed by atoms with Crippen molar-refractivity contribution in [3.8, 4) is 12.1 Å². The molecule has 2 aromatic carbocycles. The van der Waals surface area contributed by atoms with Crippen LogP contribution >= 0.6 is 11.3 Å². The van der Waals surface area contributed by atoms with Crippen LogP contribution < -0.4 is 4.90 Å². The number of benzene rings is 2. The molecule has 11 heteroatoms. The smallest absolute Gasteiger partial charge is 0.372 e. The number of carbonyl (C=O) groups excluding carboxylic acids is 1. The van der Waals surface area contributed by atoms with Gasteiger partial charge in [0.1, 0.15) is 17.7 Å². The lowest BCUT2D eigenvalue weighted by atomic mass is 9.99. The number of nitrogens with zero attached hydrogens (tertiary/aromatic N) is 6. The first-order valence-corrected chi connectivity index (χ1v) is 12.3. The monoisotopic (exact) mass is 532 g/mol. The molecule has 1 heterocycles. The van der Waals surface area contributed by atoms with Crippen LogP contribution in [0.3, 0.4) is 0 Å². The summed E-state index contributed by atoms with van der Waals surface area (Å²) in [5.74, 6) is -0.586. The Morgan fingerprint density at radius 2 is 1.66 bits per heavy atom. The molecule has 4 rings (SSSR count). The predicted molar refractivity (Wildman–Crippen MR) is 138 cm³/mol. The van der Waals surface area contributed by atoms with E-state index < -0.39 is 17.7 Å². The van der Waals surface area contributed by atoms with E-state index in [4.69, 9.17) is 0 Å². The van der Waals surface area contributed by atoms with Gasteiger partial charge in [-0.2, -0.15) is 23.7 Å². The van der Waals surface area contributed by atoms with Crippen LogP contribution in [0.4, 0.5) is 29.7 Å². The van der Waals surface area contributed by atoms with Crippen molar-refractivity contribution in [1.29, 1.82) is 10.5 Å². The number of anilines is 1. The molecule has 0 amide bonds. The molecule has 0 saturated carbocycles. The molecule has 0 aliphatic heterocycles. The number of thiazole rings is 1. The minimum absolute atomic E-state index is 0.00593. The van der Waals surface area contributed by atoms with Gasteiger partial charge < -0.3 is 4.90 Å². The van der Waals surface area contributed by atoms with Crippen molar-refractivity contribution in [2.45, 2.75) is 20.0 Å². The Bertz CT molecular complexity index is 1550. The van der Waals surface area contributed by atoms with E-state index in [0.717, 1.165) is 24.9 Å². The van der Waals surface area contributed by atoms with Gasteiger partial charge in [-0.3, -0.25) is 4.79 Å². The molecule has 0 spiro atoms. The molecular weight excluding hydrogens is 513 g/mol. The maximum atomic E-state index is 13.9. The minimum Gasteiger partial charge on any atom is -0.372 e. The predicted octanol–water partition coefficient (Wildman–Crippen LogP) is 7.50. The fraction of sp³-hybridized carbons (Fsp3) is 0.185. The molecule has 38 heavy (non-hydrogen) atoms. The third-order valence-corrected chi connectivity index (χ3v) is 6.73. The lowest BCUT2D eigenvalue weighted by Gasteiger charge is -2.20. The van der Waals surface area contributed by atoms with Crippen molar-refractivity contribution >= 4 is 45.3 Å². The number of Topliss-reactive ketones (excluding diaryl/α,β-unsaturated/α-hetero) is 1. The summed E-state index contributed by atoms with van der Waals surface area (Å²) in [6.07, 6.45) is -3.82. The van der Waals surface area contributed by atoms with Crippen LogP contribution in [-0.2, 0) is 6.18 Å². The van der Waals surface area contributed by atoms with Gasteiger partial charge in [0.05, 0.1) is 10.6 Å². The average molecular weight is 533 g/mol. The summed E-state index contributed by atoms with van der Waals surface area (Å²) in [5.41, 5.74) is 0.124. The number of carbonyl (C=O) groups is 1.